The van der Waals surface area contributed by atoms with Crippen molar-refractivity contribution in [1.29, 1.82) is 0 Å². The number of hydrogen-bond donors (Lipinski definition) is 2. The molecule has 1 aliphatic rings. The van der Waals surface area contributed by atoms with Gasteiger partial charge in [-0.25, -0.2) is 9.07 Å². The predicted molar refractivity (Wildman–Crippen MR) is 103 cm³/mol. The first-order valence-electron chi connectivity index (χ1n) is 8.65. The van der Waals surface area contributed by atoms with Crippen LogP contribution in [0.15, 0.2) is 66.1 Å². The molecule has 2 N–H and O–H groups in total. The number of amides is 1. The normalized spacial score (nSPS) is 15.6. The van der Waals surface area contributed by atoms with Gasteiger partial charge in [0.05, 0.1) is 18.4 Å². The van der Waals surface area contributed by atoms with Crippen molar-refractivity contribution in [2.24, 2.45) is 0 Å². The molecule has 0 bridgehead atoms. The van der Waals surface area contributed by atoms with Gasteiger partial charge in [0.1, 0.15) is 23.9 Å². The molecular formula is C20H18FN5O2. The van der Waals surface area contributed by atoms with Gasteiger partial charge < -0.3 is 15.4 Å². The van der Waals surface area contributed by atoms with Crippen molar-refractivity contribution in [2.75, 3.05) is 17.7 Å². The van der Waals surface area contributed by atoms with Crippen molar-refractivity contribution in [3.8, 4) is 5.75 Å². The SMILES string of the molecule is COc1ccccc1NC(=O)C1=C(C)Nc2ncnn2[C@@H]1c1ccc(F)cc1. The van der Waals surface area contributed by atoms with Crippen LogP contribution in [0.5, 0.6) is 5.75 Å². The Kier molecular flexibility index (Phi) is 4.52. The molecule has 1 aromatic heterocycles. The molecule has 0 saturated heterocycles. The highest BCUT2D eigenvalue weighted by molar-refractivity contribution is 6.06. The van der Waals surface area contributed by atoms with Crippen LogP contribution >= 0.6 is 0 Å². The molecule has 0 saturated carbocycles. The highest BCUT2D eigenvalue weighted by Gasteiger charge is 2.33. The van der Waals surface area contributed by atoms with Crippen LogP contribution in [0.3, 0.4) is 0 Å². The lowest BCUT2D eigenvalue weighted by atomic mass is 9.95. The van der Waals surface area contributed by atoms with Crippen molar-refractivity contribution in [3.63, 3.8) is 0 Å². The highest BCUT2D eigenvalue weighted by Crippen LogP contribution is 2.35. The quantitative estimate of drug-likeness (QED) is 0.727. The molecule has 7 nitrogen and oxygen atoms in total. The standard InChI is InChI=1S/C20H18FN5O2/c1-12-17(19(27)25-15-5-3-4-6-16(15)28-2)18(13-7-9-14(21)10-8-13)26-20(24-12)22-11-23-26/h3-11,18H,1-2H3,(H,25,27)(H,22,23,24)/t18-/m1/s1. The lowest BCUT2D eigenvalue weighted by Gasteiger charge is -2.28. The number of anilines is 2. The van der Waals surface area contributed by atoms with Gasteiger partial charge in [-0.1, -0.05) is 24.3 Å². The van der Waals surface area contributed by atoms with Gasteiger partial charge >= 0.3 is 0 Å². The molecule has 1 atom stereocenters. The summed E-state index contributed by atoms with van der Waals surface area (Å²) in [6.45, 7) is 1.80. The first-order valence-corrected chi connectivity index (χ1v) is 8.65. The maximum atomic E-state index is 13.4. The minimum atomic E-state index is -0.547. The van der Waals surface area contributed by atoms with Crippen LogP contribution in [-0.2, 0) is 4.79 Å². The Hall–Kier alpha value is -3.68. The van der Waals surface area contributed by atoms with E-state index in [4.69, 9.17) is 4.74 Å². The molecule has 8 heteroatoms. The minimum absolute atomic E-state index is 0.315. The average Bonchev–Trinajstić information content (AvgIpc) is 3.16. The zero-order chi connectivity index (χ0) is 19.7. The molecule has 2 heterocycles. The van der Waals surface area contributed by atoms with Crippen LogP contribution in [-0.4, -0.2) is 27.8 Å². The number of carbonyl (C=O) groups is 1. The fraction of sp³-hybridized carbons (Fsp3) is 0.150. The van der Waals surface area contributed by atoms with Gasteiger partial charge in [-0.05, 0) is 36.8 Å². The van der Waals surface area contributed by atoms with Crippen molar-refractivity contribution >= 4 is 17.5 Å². The lowest BCUT2D eigenvalue weighted by Crippen LogP contribution is -2.31. The Morgan fingerprint density at radius 1 is 1.21 bits per heavy atom. The molecule has 0 aliphatic carbocycles. The maximum Gasteiger partial charge on any atom is 0.255 e. The molecule has 4 rings (SSSR count). The number of rotatable bonds is 4. The first kappa shape index (κ1) is 17.7. The molecule has 0 radical (unpaired) electrons. The van der Waals surface area contributed by atoms with E-state index in [1.807, 2.05) is 12.1 Å². The number of ether oxygens (including phenoxy) is 1. The summed E-state index contributed by atoms with van der Waals surface area (Å²) in [6, 6.07) is 12.6. The van der Waals surface area contributed by atoms with Crippen molar-refractivity contribution < 1.29 is 13.9 Å². The molecule has 3 aromatic rings. The number of benzene rings is 2. The van der Waals surface area contributed by atoms with Crippen molar-refractivity contribution in [3.05, 3.63) is 77.5 Å². The third kappa shape index (κ3) is 3.09. The average molecular weight is 379 g/mol. The Bertz CT molecular complexity index is 1060. The molecule has 0 unspecified atom stereocenters. The number of carbonyl (C=O) groups excluding carboxylic acids is 1. The van der Waals surface area contributed by atoms with E-state index in [0.29, 0.717) is 28.7 Å². The topological polar surface area (TPSA) is 81.1 Å². The van der Waals surface area contributed by atoms with Crippen LogP contribution in [0.1, 0.15) is 18.5 Å². The second kappa shape index (κ2) is 7.15. The molecule has 2 aromatic carbocycles. The number of hydrogen-bond acceptors (Lipinski definition) is 5. The van der Waals surface area contributed by atoms with Crippen LogP contribution in [0.2, 0.25) is 0 Å². The number of para-hydroxylation sites is 2. The second-order valence-electron chi connectivity index (χ2n) is 6.30. The van der Waals surface area contributed by atoms with Crippen LogP contribution in [0.4, 0.5) is 16.0 Å². The van der Waals surface area contributed by atoms with E-state index in [9.17, 15) is 9.18 Å². The first-order chi connectivity index (χ1) is 13.6. The van der Waals surface area contributed by atoms with Gasteiger partial charge in [0.15, 0.2) is 0 Å². The zero-order valence-corrected chi connectivity index (χ0v) is 15.3. The van der Waals surface area contributed by atoms with Crippen LogP contribution in [0, 0.1) is 5.82 Å². The summed E-state index contributed by atoms with van der Waals surface area (Å²) < 4.78 is 20.4. The summed E-state index contributed by atoms with van der Waals surface area (Å²) in [4.78, 5) is 17.4. The number of aromatic nitrogens is 3. The number of nitrogens with zero attached hydrogens (tertiary/aromatic N) is 3. The fourth-order valence-electron chi connectivity index (χ4n) is 3.28. The van der Waals surface area contributed by atoms with Crippen molar-refractivity contribution in [1.82, 2.24) is 14.8 Å². The van der Waals surface area contributed by atoms with E-state index in [2.05, 4.69) is 20.7 Å². The minimum Gasteiger partial charge on any atom is -0.495 e. The van der Waals surface area contributed by atoms with E-state index < -0.39 is 6.04 Å². The molecule has 1 amide bonds. The van der Waals surface area contributed by atoms with Gasteiger partial charge in [0.2, 0.25) is 5.95 Å². The number of methoxy groups -OCH3 is 1. The Labute approximate surface area is 160 Å². The van der Waals surface area contributed by atoms with E-state index in [0.717, 1.165) is 5.56 Å². The van der Waals surface area contributed by atoms with Crippen molar-refractivity contribution in [2.45, 2.75) is 13.0 Å². The molecule has 1 aliphatic heterocycles. The molecule has 0 spiro atoms. The largest absolute Gasteiger partial charge is 0.495 e. The number of fused-ring (bicyclic) bond motifs is 1. The van der Waals surface area contributed by atoms with Gasteiger partial charge in [-0.15, -0.1) is 0 Å². The molecule has 142 valence electrons. The highest BCUT2D eigenvalue weighted by atomic mass is 19.1. The van der Waals surface area contributed by atoms with E-state index in [1.54, 1.807) is 43.0 Å². The van der Waals surface area contributed by atoms with E-state index in [-0.39, 0.29) is 11.7 Å². The third-order valence-electron chi connectivity index (χ3n) is 4.58. The smallest absolute Gasteiger partial charge is 0.255 e. The molecule has 28 heavy (non-hydrogen) atoms. The zero-order valence-electron chi connectivity index (χ0n) is 15.3. The summed E-state index contributed by atoms with van der Waals surface area (Å²) in [5.74, 6) is 0.403. The van der Waals surface area contributed by atoms with Gasteiger partial charge in [-0.2, -0.15) is 10.1 Å². The predicted octanol–water partition coefficient (Wildman–Crippen LogP) is 3.35. The molecular weight excluding hydrogens is 361 g/mol. The Morgan fingerprint density at radius 3 is 2.71 bits per heavy atom. The Balaban J connectivity index is 1.76. The summed E-state index contributed by atoms with van der Waals surface area (Å²) in [5.41, 5.74) is 2.37. The summed E-state index contributed by atoms with van der Waals surface area (Å²) in [6.07, 6.45) is 1.41. The summed E-state index contributed by atoms with van der Waals surface area (Å²) >= 11 is 0. The fourth-order valence-corrected chi connectivity index (χ4v) is 3.28. The third-order valence-corrected chi connectivity index (χ3v) is 4.58. The van der Waals surface area contributed by atoms with Gasteiger partial charge in [0.25, 0.3) is 5.91 Å². The van der Waals surface area contributed by atoms with E-state index >= 15 is 0 Å². The molecule has 0 fully saturated rings. The summed E-state index contributed by atoms with van der Waals surface area (Å²) in [5, 5.41) is 10.3. The number of nitrogens with one attached hydrogen (secondary N) is 2. The lowest BCUT2D eigenvalue weighted by molar-refractivity contribution is -0.113. The maximum absolute atomic E-state index is 13.4. The monoisotopic (exact) mass is 379 g/mol. The Morgan fingerprint density at radius 2 is 1.96 bits per heavy atom. The van der Waals surface area contributed by atoms with Crippen LogP contribution < -0.4 is 15.4 Å². The number of allylic oxidation sites excluding steroid dienone is 1. The summed E-state index contributed by atoms with van der Waals surface area (Å²) in [7, 11) is 1.54. The van der Waals surface area contributed by atoms with E-state index in [1.165, 1.54) is 18.5 Å². The van der Waals surface area contributed by atoms with Gasteiger partial charge in [0, 0.05) is 5.70 Å². The van der Waals surface area contributed by atoms with Crippen LogP contribution in [0.25, 0.3) is 0 Å². The second-order valence-corrected chi connectivity index (χ2v) is 6.30. The number of halogens is 1. The van der Waals surface area contributed by atoms with Gasteiger partial charge in [-0.3, -0.25) is 4.79 Å².